The number of hydrogen-bond donors (Lipinski definition) is 2. The van der Waals surface area contributed by atoms with Crippen molar-refractivity contribution in [2.75, 3.05) is 23.8 Å². The third kappa shape index (κ3) is 5.28. The average Bonchev–Trinajstić information content (AvgIpc) is 3.02. The first-order chi connectivity index (χ1) is 10.3. The van der Waals surface area contributed by atoms with Gasteiger partial charge in [-0.15, -0.1) is 11.3 Å². The number of anilines is 2. The summed E-state index contributed by atoms with van der Waals surface area (Å²) in [5.41, 5.74) is 1.83. The molecule has 2 heterocycles. The second-order valence-electron chi connectivity index (χ2n) is 4.44. The van der Waals surface area contributed by atoms with E-state index in [-0.39, 0.29) is 0 Å². The molecule has 0 saturated heterocycles. The minimum atomic E-state index is 0.424. The van der Waals surface area contributed by atoms with Gasteiger partial charge in [-0.25, -0.2) is 9.97 Å². The van der Waals surface area contributed by atoms with E-state index in [1.54, 1.807) is 11.3 Å². The van der Waals surface area contributed by atoms with E-state index in [1.807, 2.05) is 24.7 Å². The number of thiazole rings is 1. The zero-order chi connectivity index (χ0) is 14.9. The maximum Gasteiger partial charge on any atom is 0.158 e. The van der Waals surface area contributed by atoms with Crippen LogP contribution in [0, 0.1) is 0 Å². The van der Waals surface area contributed by atoms with Gasteiger partial charge in [0.2, 0.25) is 0 Å². The Morgan fingerprint density at radius 3 is 2.67 bits per heavy atom. The largest absolute Gasteiger partial charge is 0.374 e. The van der Waals surface area contributed by atoms with E-state index >= 15 is 0 Å². The molecule has 114 valence electrons. The summed E-state index contributed by atoms with van der Waals surface area (Å²) in [6.07, 6.45) is 2.91. The predicted molar refractivity (Wildman–Crippen MR) is 85.6 cm³/mol. The molecule has 2 aromatic heterocycles. The van der Waals surface area contributed by atoms with Gasteiger partial charge in [0.05, 0.1) is 12.1 Å². The molecule has 0 aromatic carbocycles. The Labute approximate surface area is 129 Å². The van der Waals surface area contributed by atoms with Crippen molar-refractivity contribution in [2.45, 2.75) is 33.4 Å². The normalized spacial score (nSPS) is 10.6. The second-order valence-corrected chi connectivity index (χ2v) is 5.41. The topological polar surface area (TPSA) is 72.0 Å². The molecule has 0 saturated carbocycles. The lowest BCUT2D eigenvalue weighted by Gasteiger charge is -2.10. The fourth-order valence-electron chi connectivity index (χ4n) is 1.70. The highest BCUT2D eigenvalue weighted by Crippen LogP contribution is 2.14. The van der Waals surface area contributed by atoms with Crippen LogP contribution < -0.4 is 10.6 Å². The molecule has 0 aliphatic heterocycles. The van der Waals surface area contributed by atoms with Gasteiger partial charge in [0.1, 0.15) is 18.2 Å². The van der Waals surface area contributed by atoms with E-state index in [9.17, 15) is 0 Å². The number of nitrogens with one attached hydrogen (secondary N) is 2. The Bertz CT molecular complexity index is 506. The number of ether oxygens (including phenoxy) is 1. The van der Waals surface area contributed by atoms with Crippen LogP contribution in [0.15, 0.2) is 17.8 Å². The van der Waals surface area contributed by atoms with Crippen LogP contribution >= 0.6 is 11.3 Å². The summed E-state index contributed by atoms with van der Waals surface area (Å²) >= 11 is 1.62. The van der Waals surface area contributed by atoms with Gasteiger partial charge in [-0.05, 0) is 13.3 Å². The molecule has 6 nitrogen and oxygen atoms in total. The van der Waals surface area contributed by atoms with Gasteiger partial charge in [-0.1, -0.05) is 6.92 Å². The van der Waals surface area contributed by atoms with E-state index in [0.29, 0.717) is 25.6 Å². The molecule has 2 N–H and O–H groups in total. The van der Waals surface area contributed by atoms with Crippen LogP contribution in [-0.2, 0) is 17.9 Å². The Kier molecular flexibility index (Phi) is 6.36. The molecular formula is C14H21N5OS. The van der Waals surface area contributed by atoms with Crippen LogP contribution in [0.2, 0.25) is 0 Å². The maximum atomic E-state index is 5.40. The summed E-state index contributed by atoms with van der Waals surface area (Å²) in [7, 11) is 0. The van der Waals surface area contributed by atoms with Gasteiger partial charge in [0, 0.05) is 30.3 Å². The lowest BCUT2D eigenvalue weighted by molar-refractivity contribution is 0.128. The fourth-order valence-corrected chi connectivity index (χ4v) is 2.23. The smallest absolute Gasteiger partial charge is 0.158 e. The molecule has 0 aliphatic carbocycles. The predicted octanol–water partition coefficient (Wildman–Crippen LogP) is 2.90. The highest BCUT2D eigenvalue weighted by Gasteiger charge is 2.05. The molecule has 0 spiro atoms. The van der Waals surface area contributed by atoms with Crippen molar-refractivity contribution in [1.29, 1.82) is 0 Å². The van der Waals surface area contributed by atoms with Gasteiger partial charge in [-0.2, -0.15) is 0 Å². The van der Waals surface area contributed by atoms with E-state index in [2.05, 4.69) is 32.5 Å². The van der Waals surface area contributed by atoms with Crippen LogP contribution in [-0.4, -0.2) is 28.1 Å². The van der Waals surface area contributed by atoms with Crippen LogP contribution in [0.25, 0.3) is 0 Å². The monoisotopic (exact) mass is 307 g/mol. The summed E-state index contributed by atoms with van der Waals surface area (Å²) in [5.74, 6) is 2.31. The number of aromatic nitrogens is 3. The van der Waals surface area contributed by atoms with Gasteiger partial charge < -0.3 is 15.4 Å². The molecule has 7 heteroatoms. The summed E-state index contributed by atoms with van der Waals surface area (Å²) in [5, 5.41) is 6.59. The van der Waals surface area contributed by atoms with Crippen molar-refractivity contribution in [3.05, 3.63) is 28.5 Å². The highest BCUT2D eigenvalue weighted by atomic mass is 32.1. The second kappa shape index (κ2) is 8.53. The first kappa shape index (κ1) is 15.7. The van der Waals surface area contributed by atoms with Crippen LogP contribution in [0.4, 0.5) is 11.6 Å². The van der Waals surface area contributed by atoms with Crippen molar-refractivity contribution in [3.63, 3.8) is 0 Å². The zero-order valence-corrected chi connectivity index (χ0v) is 13.2. The standard InChI is InChI=1S/C14H21N5OS/c1-3-5-16-12-6-13(17-8-11-7-15-10-21-11)19-14(18-12)9-20-4-2/h6-7,10H,3-5,8-9H2,1-2H3,(H2,16,17,18,19). The molecule has 0 radical (unpaired) electrons. The van der Waals surface area contributed by atoms with Gasteiger partial charge >= 0.3 is 0 Å². The van der Waals surface area contributed by atoms with Crippen LogP contribution in [0.1, 0.15) is 31.0 Å². The lowest BCUT2D eigenvalue weighted by Crippen LogP contribution is -2.09. The molecule has 2 aromatic rings. The van der Waals surface area contributed by atoms with Crippen molar-refractivity contribution in [1.82, 2.24) is 15.0 Å². The Morgan fingerprint density at radius 1 is 1.19 bits per heavy atom. The van der Waals surface area contributed by atoms with Crippen molar-refractivity contribution in [3.8, 4) is 0 Å². The summed E-state index contributed by atoms with van der Waals surface area (Å²) in [4.78, 5) is 14.2. The van der Waals surface area contributed by atoms with E-state index in [0.717, 1.165) is 24.6 Å². The molecule has 21 heavy (non-hydrogen) atoms. The molecule has 0 fully saturated rings. The highest BCUT2D eigenvalue weighted by molar-refractivity contribution is 7.09. The minimum Gasteiger partial charge on any atom is -0.374 e. The quantitative estimate of drug-likeness (QED) is 0.742. The third-order valence-corrected chi connectivity index (χ3v) is 3.47. The fraction of sp³-hybridized carbons (Fsp3) is 0.500. The summed E-state index contributed by atoms with van der Waals surface area (Å²) in [6.45, 7) is 6.76. The minimum absolute atomic E-state index is 0.424. The van der Waals surface area contributed by atoms with Crippen molar-refractivity contribution in [2.24, 2.45) is 0 Å². The third-order valence-electron chi connectivity index (χ3n) is 2.69. The maximum absolute atomic E-state index is 5.40. The molecular weight excluding hydrogens is 286 g/mol. The molecule has 0 aliphatic rings. The first-order valence-electron chi connectivity index (χ1n) is 7.12. The SMILES string of the molecule is CCCNc1cc(NCc2cncs2)nc(COCC)n1. The van der Waals surface area contributed by atoms with Crippen molar-refractivity contribution < 1.29 is 4.74 Å². The average molecular weight is 307 g/mol. The van der Waals surface area contributed by atoms with E-state index in [4.69, 9.17) is 4.74 Å². The Hall–Kier alpha value is -1.73. The lowest BCUT2D eigenvalue weighted by atomic mass is 10.4. The number of hydrogen-bond acceptors (Lipinski definition) is 7. The van der Waals surface area contributed by atoms with E-state index in [1.165, 1.54) is 4.88 Å². The number of nitrogens with zero attached hydrogens (tertiary/aromatic N) is 3. The van der Waals surface area contributed by atoms with Crippen molar-refractivity contribution >= 4 is 23.0 Å². The molecule has 0 bridgehead atoms. The molecule has 0 unspecified atom stereocenters. The molecule has 0 atom stereocenters. The first-order valence-corrected chi connectivity index (χ1v) is 8.00. The summed E-state index contributed by atoms with van der Waals surface area (Å²) in [6, 6.07) is 1.92. The van der Waals surface area contributed by atoms with E-state index < -0.39 is 0 Å². The van der Waals surface area contributed by atoms with Gasteiger partial charge in [0.25, 0.3) is 0 Å². The Balaban J connectivity index is 2.05. The molecule has 0 amide bonds. The Morgan fingerprint density at radius 2 is 2.00 bits per heavy atom. The zero-order valence-electron chi connectivity index (χ0n) is 12.4. The van der Waals surface area contributed by atoms with Crippen LogP contribution in [0.5, 0.6) is 0 Å². The number of rotatable bonds is 9. The van der Waals surface area contributed by atoms with Gasteiger partial charge in [0.15, 0.2) is 5.82 Å². The van der Waals surface area contributed by atoms with Crippen LogP contribution in [0.3, 0.4) is 0 Å². The van der Waals surface area contributed by atoms with Gasteiger partial charge in [-0.3, -0.25) is 4.98 Å². The summed E-state index contributed by atoms with van der Waals surface area (Å²) < 4.78 is 5.40. The molecule has 2 rings (SSSR count).